The fraction of sp³-hybridized carbons (Fsp3) is 0.167. The lowest BCUT2D eigenvalue weighted by atomic mass is 10.1. The molecule has 0 heterocycles. The minimum Gasteiger partial charge on any atom is -0.489 e. The maximum absolute atomic E-state index is 12.1. The first-order chi connectivity index (χ1) is 15.0. The molecule has 0 aromatic heterocycles. The van der Waals surface area contributed by atoms with E-state index >= 15 is 0 Å². The SMILES string of the molecule is O=C(COc1ccc(Cl)cc1)N[C@@H](Cc1ccc(OCc2ccccc2)cc1)C(=O)O. The van der Waals surface area contributed by atoms with Gasteiger partial charge in [-0.05, 0) is 47.5 Å². The highest BCUT2D eigenvalue weighted by molar-refractivity contribution is 6.30. The van der Waals surface area contributed by atoms with E-state index in [9.17, 15) is 14.7 Å². The van der Waals surface area contributed by atoms with Crippen LogP contribution in [0.5, 0.6) is 11.5 Å². The molecule has 3 aromatic rings. The maximum atomic E-state index is 12.1. The van der Waals surface area contributed by atoms with Crippen molar-refractivity contribution >= 4 is 23.5 Å². The summed E-state index contributed by atoms with van der Waals surface area (Å²) in [4.78, 5) is 23.7. The van der Waals surface area contributed by atoms with E-state index in [2.05, 4.69) is 5.32 Å². The molecule has 7 heteroatoms. The molecule has 1 amide bonds. The molecule has 0 spiro atoms. The molecule has 0 aliphatic carbocycles. The van der Waals surface area contributed by atoms with Crippen LogP contribution in [-0.4, -0.2) is 29.6 Å². The van der Waals surface area contributed by atoms with Gasteiger partial charge in [-0.15, -0.1) is 0 Å². The van der Waals surface area contributed by atoms with Crippen LogP contribution in [0.3, 0.4) is 0 Å². The van der Waals surface area contributed by atoms with E-state index in [4.69, 9.17) is 21.1 Å². The molecule has 0 radical (unpaired) electrons. The monoisotopic (exact) mass is 439 g/mol. The van der Waals surface area contributed by atoms with Crippen LogP contribution in [0.15, 0.2) is 78.9 Å². The van der Waals surface area contributed by atoms with Gasteiger partial charge in [0.05, 0.1) is 0 Å². The van der Waals surface area contributed by atoms with Crippen molar-refractivity contribution in [1.82, 2.24) is 5.32 Å². The first-order valence-electron chi connectivity index (χ1n) is 9.66. The van der Waals surface area contributed by atoms with Crippen molar-refractivity contribution in [2.45, 2.75) is 19.1 Å². The number of hydrogen-bond acceptors (Lipinski definition) is 4. The number of amides is 1. The minimum atomic E-state index is -1.12. The number of carboxylic acid groups (broad SMARTS) is 1. The van der Waals surface area contributed by atoms with Gasteiger partial charge in [-0.25, -0.2) is 4.79 Å². The summed E-state index contributed by atoms with van der Waals surface area (Å²) in [6.07, 6.45) is 0.140. The number of carbonyl (C=O) groups is 2. The van der Waals surface area contributed by atoms with E-state index in [-0.39, 0.29) is 13.0 Å². The summed E-state index contributed by atoms with van der Waals surface area (Å²) in [5.74, 6) is -0.494. The third-order valence-corrected chi connectivity index (χ3v) is 4.68. The lowest BCUT2D eigenvalue weighted by Gasteiger charge is -2.15. The Hall–Kier alpha value is -3.51. The van der Waals surface area contributed by atoms with Gasteiger partial charge in [0.15, 0.2) is 6.61 Å². The lowest BCUT2D eigenvalue weighted by Crippen LogP contribution is -2.44. The first-order valence-corrected chi connectivity index (χ1v) is 10.0. The molecule has 3 rings (SSSR count). The molecule has 0 bridgehead atoms. The molecule has 0 saturated carbocycles. The molecule has 1 atom stereocenters. The average molecular weight is 440 g/mol. The Balaban J connectivity index is 1.50. The topological polar surface area (TPSA) is 84.9 Å². The summed E-state index contributed by atoms with van der Waals surface area (Å²) < 4.78 is 11.1. The zero-order valence-electron chi connectivity index (χ0n) is 16.7. The Morgan fingerprint density at radius 3 is 2.10 bits per heavy atom. The highest BCUT2D eigenvalue weighted by Crippen LogP contribution is 2.16. The zero-order valence-corrected chi connectivity index (χ0v) is 17.4. The molecule has 31 heavy (non-hydrogen) atoms. The van der Waals surface area contributed by atoms with Gasteiger partial charge in [0.2, 0.25) is 0 Å². The number of carbonyl (C=O) groups excluding carboxylic acids is 1. The second-order valence-corrected chi connectivity index (χ2v) is 7.26. The lowest BCUT2D eigenvalue weighted by molar-refractivity contribution is -0.142. The molecule has 160 valence electrons. The predicted octanol–water partition coefficient (Wildman–Crippen LogP) is 4.11. The molecule has 6 nitrogen and oxygen atoms in total. The Kier molecular flexibility index (Phi) is 7.90. The number of aliphatic carboxylic acids is 1. The van der Waals surface area contributed by atoms with Crippen LogP contribution in [-0.2, 0) is 22.6 Å². The zero-order chi connectivity index (χ0) is 22.1. The number of rotatable bonds is 10. The number of hydrogen-bond donors (Lipinski definition) is 2. The maximum Gasteiger partial charge on any atom is 0.326 e. The van der Waals surface area contributed by atoms with Crippen LogP contribution in [0.25, 0.3) is 0 Å². The van der Waals surface area contributed by atoms with Crippen molar-refractivity contribution in [3.63, 3.8) is 0 Å². The molecule has 0 saturated heterocycles. The van der Waals surface area contributed by atoms with Gasteiger partial charge < -0.3 is 19.9 Å². The molecule has 0 aliphatic heterocycles. The Bertz CT molecular complexity index is 991. The van der Waals surface area contributed by atoms with Crippen LogP contribution >= 0.6 is 11.6 Å². The molecule has 2 N–H and O–H groups in total. The van der Waals surface area contributed by atoms with E-state index in [0.717, 1.165) is 11.1 Å². The van der Waals surface area contributed by atoms with Gasteiger partial charge >= 0.3 is 5.97 Å². The normalized spacial score (nSPS) is 11.4. The van der Waals surface area contributed by atoms with Crippen molar-refractivity contribution < 1.29 is 24.2 Å². The van der Waals surface area contributed by atoms with Gasteiger partial charge in [-0.2, -0.15) is 0 Å². The quantitative estimate of drug-likeness (QED) is 0.496. The van der Waals surface area contributed by atoms with E-state index in [1.54, 1.807) is 48.5 Å². The third kappa shape index (κ3) is 7.35. The molecule has 0 unspecified atom stereocenters. The van der Waals surface area contributed by atoms with Crippen LogP contribution in [0.4, 0.5) is 0 Å². The Morgan fingerprint density at radius 2 is 1.45 bits per heavy atom. The second kappa shape index (κ2) is 11.0. The Labute approximate surface area is 185 Å². The highest BCUT2D eigenvalue weighted by Gasteiger charge is 2.20. The number of benzene rings is 3. The van der Waals surface area contributed by atoms with Crippen molar-refractivity contribution in [3.05, 3.63) is 95.0 Å². The highest BCUT2D eigenvalue weighted by atomic mass is 35.5. The summed E-state index contributed by atoms with van der Waals surface area (Å²) >= 11 is 5.80. The summed E-state index contributed by atoms with van der Waals surface area (Å²) in [5.41, 5.74) is 1.82. The van der Waals surface area contributed by atoms with Crippen molar-refractivity contribution in [1.29, 1.82) is 0 Å². The molecular weight excluding hydrogens is 418 g/mol. The predicted molar refractivity (Wildman–Crippen MR) is 117 cm³/mol. The van der Waals surface area contributed by atoms with Crippen LogP contribution in [0.1, 0.15) is 11.1 Å². The van der Waals surface area contributed by atoms with E-state index in [0.29, 0.717) is 23.1 Å². The summed E-state index contributed by atoms with van der Waals surface area (Å²) in [7, 11) is 0. The first kappa shape index (κ1) is 22.2. The summed E-state index contributed by atoms with van der Waals surface area (Å²) in [6, 6.07) is 22.4. The van der Waals surface area contributed by atoms with Gasteiger partial charge in [0, 0.05) is 11.4 Å². The summed E-state index contributed by atoms with van der Waals surface area (Å²) in [6.45, 7) is 0.152. The van der Waals surface area contributed by atoms with Gasteiger partial charge in [0.25, 0.3) is 5.91 Å². The third-order valence-electron chi connectivity index (χ3n) is 4.43. The number of nitrogens with one attached hydrogen (secondary N) is 1. The van der Waals surface area contributed by atoms with Gasteiger partial charge in [-0.1, -0.05) is 54.1 Å². The van der Waals surface area contributed by atoms with Crippen molar-refractivity contribution in [3.8, 4) is 11.5 Å². The van der Waals surface area contributed by atoms with Crippen LogP contribution in [0, 0.1) is 0 Å². The van der Waals surface area contributed by atoms with Gasteiger partial charge in [-0.3, -0.25) is 4.79 Å². The molecule has 3 aromatic carbocycles. The van der Waals surface area contributed by atoms with Crippen LogP contribution < -0.4 is 14.8 Å². The van der Waals surface area contributed by atoms with E-state index in [1.165, 1.54) is 0 Å². The second-order valence-electron chi connectivity index (χ2n) is 6.82. The smallest absolute Gasteiger partial charge is 0.326 e. The molecule has 0 fully saturated rings. The fourth-order valence-electron chi connectivity index (χ4n) is 2.81. The van der Waals surface area contributed by atoms with Crippen molar-refractivity contribution in [2.24, 2.45) is 0 Å². The Morgan fingerprint density at radius 1 is 0.839 bits per heavy atom. The standard InChI is InChI=1S/C24H22ClNO5/c25-19-8-12-21(13-9-19)31-16-23(27)26-22(24(28)29)14-17-6-10-20(11-7-17)30-15-18-4-2-1-3-5-18/h1-13,22H,14-16H2,(H,26,27)(H,28,29)/t22-/m0/s1. The van der Waals surface area contributed by atoms with Crippen molar-refractivity contribution in [2.75, 3.05) is 6.61 Å². The average Bonchev–Trinajstić information content (AvgIpc) is 2.78. The number of carboxylic acids is 1. The van der Waals surface area contributed by atoms with Crippen LogP contribution in [0.2, 0.25) is 5.02 Å². The number of ether oxygens (including phenoxy) is 2. The summed E-state index contributed by atoms with van der Waals surface area (Å²) in [5, 5.41) is 12.5. The molecular formula is C24H22ClNO5. The minimum absolute atomic E-state index is 0.140. The van der Waals surface area contributed by atoms with E-state index in [1.807, 2.05) is 30.3 Å². The largest absolute Gasteiger partial charge is 0.489 e. The number of halogens is 1. The fourth-order valence-corrected chi connectivity index (χ4v) is 2.94. The van der Waals surface area contributed by atoms with Gasteiger partial charge in [0.1, 0.15) is 24.1 Å². The molecule has 0 aliphatic rings. The van der Waals surface area contributed by atoms with E-state index < -0.39 is 17.9 Å².